The molecule has 1 N–H and O–H groups in total. The molecule has 0 spiro atoms. The molecule has 7 heteroatoms. The van der Waals surface area contributed by atoms with Gasteiger partial charge in [-0.25, -0.2) is 8.42 Å². The van der Waals surface area contributed by atoms with Crippen LogP contribution in [-0.2, 0) is 10.0 Å². The first kappa shape index (κ1) is 12.3. The van der Waals surface area contributed by atoms with Crippen LogP contribution in [0.5, 0.6) is 0 Å². The molecule has 1 saturated heterocycles. The first-order valence-electron chi connectivity index (χ1n) is 4.87. The van der Waals surface area contributed by atoms with Gasteiger partial charge in [0.15, 0.2) is 0 Å². The Bertz CT molecular complexity index is 474. The molecule has 1 aliphatic heterocycles. The number of sulfonamides is 1. The van der Waals surface area contributed by atoms with Gasteiger partial charge >= 0.3 is 0 Å². The number of hydrogen-bond donors (Lipinski definition) is 1. The van der Waals surface area contributed by atoms with Crippen molar-refractivity contribution in [1.29, 1.82) is 0 Å². The highest BCUT2D eigenvalue weighted by Gasteiger charge is 2.32. The summed E-state index contributed by atoms with van der Waals surface area (Å²) in [7, 11) is -1.76. The lowest BCUT2D eigenvalue weighted by molar-refractivity contribution is 0.274. The summed E-state index contributed by atoms with van der Waals surface area (Å²) in [5.74, 6) is 0. The normalized spacial score (nSPS) is 17.8. The molecular formula is C9H13ClN2O2S2. The minimum absolute atomic E-state index is 0.0613. The van der Waals surface area contributed by atoms with Gasteiger partial charge in [0.2, 0.25) is 0 Å². The molecule has 0 radical (unpaired) electrons. The molecule has 0 amide bonds. The Labute approximate surface area is 104 Å². The zero-order valence-corrected chi connectivity index (χ0v) is 11.4. The zero-order chi connectivity index (χ0) is 11.9. The van der Waals surface area contributed by atoms with Crippen molar-refractivity contribution in [3.05, 3.63) is 16.0 Å². The summed E-state index contributed by atoms with van der Waals surface area (Å²) in [5, 5.41) is 3.05. The predicted molar refractivity (Wildman–Crippen MR) is 65.7 cm³/mol. The third kappa shape index (κ3) is 2.00. The molecule has 1 aliphatic rings. The first-order valence-corrected chi connectivity index (χ1v) is 7.51. The van der Waals surface area contributed by atoms with Gasteiger partial charge in [-0.15, -0.1) is 11.3 Å². The van der Waals surface area contributed by atoms with E-state index in [-0.39, 0.29) is 6.04 Å². The Kier molecular flexibility index (Phi) is 3.29. The van der Waals surface area contributed by atoms with Crippen LogP contribution < -0.4 is 5.32 Å². The van der Waals surface area contributed by atoms with Crippen LogP contribution in [0, 0.1) is 6.92 Å². The fourth-order valence-electron chi connectivity index (χ4n) is 1.43. The Hall–Kier alpha value is -0.140. The van der Waals surface area contributed by atoms with Crippen molar-refractivity contribution >= 4 is 33.0 Å². The van der Waals surface area contributed by atoms with E-state index >= 15 is 0 Å². The van der Waals surface area contributed by atoms with E-state index in [1.807, 2.05) is 6.92 Å². The van der Waals surface area contributed by atoms with E-state index in [2.05, 4.69) is 5.32 Å². The molecule has 1 aromatic heterocycles. The van der Waals surface area contributed by atoms with Crippen LogP contribution in [-0.4, -0.2) is 38.9 Å². The van der Waals surface area contributed by atoms with Crippen LogP contribution >= 0.6 is 22.9 Å². The highest BCUT2D eigenvalue weighted by molar-refractivity contribution is 7.91. The Balaban J connectivity index is 2.30. The SMILES string of the molecule is Cc1cc(S(=O)(=O)N(C)C2CNC2)sc1Cl. The van der Waals surface area contributed by atoms with Crippen LogP contribution in [0.25, 0.3) is 0 Å². The van der Waals surface area contributed by atoms with Crippen LogP contribution in [0.3, 0.4) is 0 Å². The minimum Gasteiger partial charge on any atom is -0.313 e. The third-order valence-electron chi connectivity index (χ3n) is 2.74. The lowest BCUT2D eigenvalue weighted by Crippen LogP contribution is -2.57. The lowest BCUT2D eigenvalue weighted by atomic mass is 10.2. The second-order valence-electron chi connectivity index (χ2n) is 3.86. The third-order valence-corrected chi connectivity index (χ3v) is 6.66. The average Bonchev–Trinajstić information content (AvgIpc) is 2.44. The summed E-state index contributed by atoms with van der Waals surface area (Å²) < 4.78 is 26.6. The topological polar surface area (TPSA) is 49.4 Å². The van der Waals surface area contributed by atoms with E-state index in [1.165, 1.54) is 4.31 Å². The highest BCUT2D eigenvalue weighted by atomic mass is 35.5. The molecule has 0 saturated carbocycles. The summed E-state index contributed by atoms with van der Waals surface area (Å²) in [6.07, 6.45) is 0. The van der Waals surface area contributed by atoms with Gasteiger partial charge in [-0.05, 0) is 18.6 Å². The van der Waals surface area contributed by atoms with Crippen molar-refractivity contribution in [2.75, 3.05) is 20.1 Å². The number of rotatable bonds is 3. The summed E-state index contributed by atoms with van der Waals surface area (Å²) in [6, 6.07) is 1.69. The van der Waals surface area contributed by atoms with Gasteiger partial charge in [0.25, 0.3) is 10.0 Å². The zero-order valence-electron chi connectivity index (χ0n) is 9.03. The molecule has 4 nitrogen and oxygen atoms in total. The molecule has 2 heterocycles. The van der Waals surface area contributed by atoms with E-state index in [9.17, 15) is 8.42 Å². The standard InChI is InChI=1S/C9H13ClN2O2S2/c1-6-3-8(15-9(6)10)16(13,14)12(2)7-4-11-5-7/h3,7,11H,4-5H2,1-2H3. The maximum Gasteiger partial charge on any atom is 0.252 e. The van der Waals surface area contributed by atoms with Crippen LogP contribution in [0.4, 0.5) is 0 Å². The summed E-state index contributed by atoms with van der Waals surface area (Å²) in [5.41, 5.74) is 0.811. The highest BCUT2D eigenvalue weighted by Crippen LogP contribution is 2.32. The van der Waals surface area contributed by atoms with E-state index in [1.54, 1.807) is 13.1 Å². The van der Waals surface area contributed by atoms with Gasteiger partial charge in [0, 0.05) is 26.2 Å². The number of nitrogens with zero attached hydrogens (tertiary/aromatic N) is 1. The second-order valence-corrected chi connectivity index (χ2v) is 7.73. The summed E-state index contributed by atoms with van der Waals surface area (Å²) in [4.78, 5) is 0. The van der Waals surface area contributed by atoms with Gasteiger partial charge in [-0.2, -0.15) is 4.31 Å². The van der Waals surface area contributed by atoms with Crippen molar-refractivity contribution in [3.63, 3.8) is 0 Å². The number of halogens is 1. The quantitative estimate of drug-likeness (QED) is 0.908. The van der Waals surface area contributed by atoms with Crippen LogP contribution in [0.2, 0.25) is 4.34 Å². The molecule has 0 unspecified atom stereocenters. The van der Waals surface area contributed by atoms with Gasteiger partial charge in [-0.3, -0.25) is 0 Å². The Morgan fingerprint density at radius 1 is 1.56 bits per heavy atom. The summed E-state index contributed by atoms with van der Waals surface area (Å²) >= 11 is 7.01. The molecule has 0 bridgehead atoms. The maximum absolute atomic E-state index is 12.2. The van der Waals surface area contributed by atoms with Gasteiger partial charge in [0.05, 0.1) is 4.34 Å². The molecule has 0 aromatic carbocycles. The van der Waals surface area contributed by atoms with Crippen molar-refractivity contribution in [3.8, 4) is 0 Å². The van der Waals surface area contributed by atoms with E-state index in [0.717, 1.165) is 16.9 Å². The minimum atomic E-state index is -3.37. The van der Waals surface area contributed by atoms with Crippen LogP contribution in [0.1, 0.15) is 5.56 Å². The van der Waals surface area contributed by atoms with Gasteiger partial charge in [0.1, 0.15) is 4.21 Å². The lowest BCUT2D eigenvalue weighted by Gasteiger charge is -2.34. The fourth-order valence-corrected chi connectivity index (χ4v) is 4.68. The number of likely N-dealkylation sites (N-methyl/N-ethyl adjacent to an activating group) is 1. The van der Waals surface area contributed by atoms with Crippen molar-refractivity contribution in [2.24, 2.45) is 0 Å². The van der Waals surface area contributed by atoms with Crippen molar-refractivity contribution in [2.45, 2.75) is 17.2 Å². The number of thiophene rings is 1. The smallest absolute Gasteiger partial charge is 0.252 e. The Morgan fingerprint density at radius 2 is 2.19 bits per heavy atom. The van der Waals surface area contributed by atoms with E-state index in [0.29, 0.717) is 21.6 Å². The molecule has 0 atom stereocenters. The fraction of sp³-hybridized carbons (Fsp3) is 0.556. The second kappa shape index (κ2) is 4.27. The average molecular weight is 281 g/mol. The molecule has 1 fully saturated rings. The van der Waals surface area contributed by atoms with Gasteiger partial charge < -0.3 is 5.32 Å². The molecule has 0 aliphatic carbocycles. The molecule has 90 valence electrons. The molecule has 1 aromatic rings. The van der Waals surface area contributed by atoms with Crippen molar-refractivity contribution < 1.29 is 8.42 Å². The van der Waals surface area contributed by atoms with E-state index in [4.69, 9.17) is 11.6 Å². The largest absolute Gasteiger partial charge is 0.313 e. The van der Waals surface area contributed by atoms with Crippen molar-refractivity contribution in [1.82, 2.24) is 9.62 Å². The first-order chi connectivity index (χ1) is 7.43. The number of nitrogens with one attached hydrogen (secondary N) is 1. The summed E-state index contributed by atoms with van der Waals surface area (Å²) in [6.45, 7) is 3.24. The molecule has 16 heavy (non-hydrogen) atoms. The monoisotopic (exact) mass is 280 g/mol. The Morgan fingerprint density at radius 3 is 2.56 bits per heavy atom. The molecular weight excluding hydrogens is 268 g/mol. The molecule has 2 rings (SSSR count). The van der Waals surface area contributed by atoms with E-state index < -0.39 is 10.0 Å². The number of aryl methyl sites for hydroxylation is 1. The predicted octanol–water partition coefficient (Wildman–Crippen LogP) is 1.30. The van der Waals surface area contributed by atoms with Crippen LogP contribution in [0.15, 0.2) is 10.3 Å². The maximum atomic E-state index is 12.2. The van der Waals surface area contributed by atoms with Gasteiger partial charge in [-0.1, -0.05) is 11.6 Å². The number of hydrogen-bond acceptors (Lipinski definition) is 4.